The van der Waals surface area contributed by atoms with Crippen molar-refractivity contribution >= 4 is 29.1 Å². The molecule has 3 amide bonds. The molecule has 4 rings (SSSR count). The summed E-state index contributed by atoms with van der Waals surface area (Å²) in [5.41, 5.74) is 0. The lowest BCUT2D eigenvalue weighted by Crippen LogP contribution is -2.52. The minimum Gasteiger partial charge on any atom is -0.467 e. The number of carbonyl (C=O) groups is 3. The van der Waals surface area contributed by atoms with Crippen LogP contribution in [0.15, 0.2) is 40.3 Å². The lowest BCUT2D eigenvalue weighted by atomic mass is 10.1. The van der Waals surface area contributed by atoms with Crippen LogP contribution in [0.25, 0.3) is 0 Å². The normalized spacial score (nSPS) is 20.4. The van der Waals surface area contributed by atoms with Gasteiger partial charge < -0.3 is 19.1 Å². The van der Waals surface area contributed by atoms with Gasteiger partial charge in [0.2, 0.25) is 11.8 Å². The third-order valence-corrected chi connectivity index (χ3v) is 5.96. The van der Waals surface area contributed by atoms with Crippen LogP contribution in [0.5, 0.6) is 0 Å². The van der Waals surface area contributed by atoms with Crippen LogP contribution in [0.4, 0.5) is 0 Å². The van der Waals surface area contributed by atoms with Crippen LogP contribution in [0.1, 0.15) is 21.9 Å². The highest BCUT2D eigenvalue weighted by Gasteiger charge is 2.37. The van der Waals surface area contributed by atoms with Crippen molar-refractivity contribution in [2.45, 2.75) is 13.0 Å². The summed E-state index contributed by atoms with van der Waals surface area (Å²) in [6.45, 7) is 2.90. The van der Waals surface area contributed by atoms with Crippen molar-refractivity contribution in [3.63, 3.8) is 0 Å². The van der Waals surface area contributed by atoms with Crippen LogP contribution >= 0.6 is 11.3 Å². The summed E-state index contributed by atoms with van der Waals surface area (Å²) in [5.74, 6) is 0.423. The minimum atomic E-state index is -0.313. The predicted molar refractivity (Wildman–Crippen MR) is 99.0 cm³/mol. The number of hydrogen-bond donors (Lipinski definition) is 0. The van der Waals surface area contributed by atoms with Crippen molar-refractivity contribution in [3.8, 4) is 0 Å². The van der Waals surface area contributed by atoms with Crippen LogP contribution in [0.3, 0.4) is 0 Å². The molecule has 0 saturated carbocycles. The van der Waals surface area contributed by atoms with E-state index in [1.165, 1.54) is 11.3 Å². The van der Waals surface area contributed by atoms with Gasteiger partial charge >= 0.3 is 0 Å². The number of nitrogens with zero attached hydrogens (tertiary/aromatic N) is 3. The topological polar surface area (TPSA) is 74.1 Å². The Morgan fingerprint density at radius 2 is 1.89 bits per heavy atom. The van der Waals surface area contributed by atoms with Gasteiger partial charge in [0.15, 0.2) is 0 Å². The van der Waals surface area contributed by atoms with Gasteiger partial charge in [-0.2, -0.15) is 0 Å². The summed E-state index contributed by atoms with van der Waals surface area (Å²) in [6, 6.07) is 7.30. The molecule has 142 valence electrons. The summed E-state index contributed by atoms with van der Waals surface area (Å²) in [4.78, 5) is 43.4. The molecule has 27 heavy (non-hydrogen) atoms. The highest BCUT2D eigenvalue weighted by Crippen LogP contribution is 2.23. The first-order valence-corrected chi connectivity index (χ1v) is 9.91. The van der Waals surface area contributed by atoms with Crippen LogP contribution in [0.2, 0.25) is 0 Å². The third-order valence-electron chi connectivity index (χ3n) is 5.10. The standard InChI is InChI=1S/C19H21N3O4S/c23-17-11-14(12-22(17)13-15-3-1-9-26-15)18(24)20-5-7-21(8-6-20)19(25)16-4-2-10-27-16/h1-4,9-10,14H,5-8,11-13H2. The van der Waals surface area contributed by atoms with E-state index in [4.69, 9.17) is 4.42 Å². The summed E-state index contributed by atoms with van der Waals surface area (Å²) >= 11 is 1.43. The van der Waals surface area contributed by atoms with Gasteiger partial charge in [0, 0.05) is 39.1 Å². The highest BCUT2D eigenvalue weighted by molar-refractivity contribution is 7.12. The van der Waals surface area contributed by atoms with Crippen molar-refractivity contribution in [2.24, 2.45) is 5.92 Å². The van der Waals surface area contributed by atoms with E-state index in [1.54, 1.807) is 27.0 Å². The lowest BCUT2D eigenvalue weighted by molar-refractivity contribution is -0.137. The molecule has 2 fully saturated rings. The maximum Gasteiger partial charge on any atom is 0.264 e. The van der Waals surface area contributed by atoms with Crippen LogP contribution in [-0.4, -0.2) is 65.1 Å². The van der Waals surface area contributed by atoms with E-state index in [0.717, 1.165) is 10.6 Å². The van der Waals surface area contributed by atoms with Gasteiger partial charge in [-0.15, -0.1) is 11.3 Å². The minimum absolute atomic E-state index is 0.00789. The molecule has 2 aliphatic rings. The molecule has 7 nitrogen and oxygen atoms in total. The summed E-state index contributed by atoms with van der Waals surface area (Å²) in [6.07, 6.45) is 1.82. The van der Waals surface area contributed by atoms with Crippen LogP contribution < -0.4 is 0 Å². The largest absolute Gasteiger partial charge is 0.467 e. The van der Waals surface area contributed by atoms with Crippen molar-refractivity contribution < 1.29 is 18.8 Å². The number of piperazine rings is 1. The summed E-state index contributed by atoms with van der Waals surface area (Å²) in [7, 11) is 0. The van der Waals surface area contributed by atoms with E-state index >= 15 is 0 Å². The zero-order chi connectivity index (χ0) is 18.8. The Labute approximate surface area is 161 Å². The zero-order valence-electron chi connectivity index (χ0n) is 14.9. The van der Waals surface area contributed by atoms with Crippen molar-refractivity contribution in [1.82, 2.24) is 14.7 Å². The van der Waals surface area contributed by atoms with Gasteiger partial charge in [0.25, 0.3) is 5.91 Å². The Morgan fingerprint density at radius 3 is 2.56 bits per heavy atom. The Kier molecular flexibility index (Phi) is 4.98. The van der Waals surface area contributed by atoms with E-state index in [1.807, 2.05) is 23.6 Å². The first-order valence-electron chi connectivity index (χ1n) is 9.03. The van der Waals surface area contributed by atoms with Gasteiger partial charge in [0.1, 0.15) is 5.76 Å². The molecule has 8 heteroatoms. The molecule has 4 heterocycles. The fourth-order valence-electron chi connectivity index (χ4n) is 3.63. The Hall–Kier alpha value is -2.61. The molecule has 0 radical (unpaired) electrons. The SMILES string of the molecule is O=C1CC(C(=O)N2CCN(C(=O)c3cccs3)CC2)CN1Cc1ccco1. The molecular formula is C19H21N3O4S. The van der Waals surface area contributed by atoms with E-state index in [9.17, 15) is 14.4 Å². The molecule has 2 saturated heterocycles. The molecule has 2 aromatic heterocycles. The quantitative estimate of drug-likeness (QED) is 0.800. The number of thiophene rings is 1. The highest BCUT2D eigenvalue weighted by atomic mass is 32.1. The molecule has 2 aromatic rings. The maximum absolute atomic E-state index is 12.8. The predicted octanol–water partition coefficient (Wildman–Crippen LogP) is 1.67. The number of carbonyl (C=O) groups excluding carboxylic acids is 3. The number of amides is 3. The monoisotopic (exact) mass is 387 g/mol. The molecule has 2 aliphatic heterocycles. The number of furan rings is 1. The zero-order valence-corrected chi connectivity index (χ0v) is 15.7. The Bertz CT molecular complexity index is 810. The van der Waals surface area contributed by atoms with Gasteiger partial charge in [-0.1, -0.05) is 6.07 Å². The first-order chi connectivity index (χ1) is 13.1. The van der Waals surface area contributed by atoms with Crippen LogP contribution in [0, 0.1) is 5.92 Å². The van der Waals surface area contributed by atoms with E-state index in [2.05, 4.69) is 0 Å². The molecule has 0 aromatic carbocycles. The average Bonchev–Trinajstić information content (AvgIpc) is 3.44. The Balaban J connectivity index is 1.30. The molecule has 0 aliphatic carbocycles. The fourth-order valence-corrected chi connectivity index (χ4v) is 4.32. The third kappa shape index (κ3) is 3.75. The smallest absolute Gasteiger partial charge is 0.264 e. The van der Waals surface area contributed by atoms with Crippen molar-refractivity contribution in [2.75, 3.05) is 32.7 Å². The van der Waals surface area contributed by atoms with E-state index < -0.39 is 0 Å². The van der Waals surface area contributed by atoms with Crippen molar-refractivity contribution in [1.29, 1.82) is 0 Å². The van der Waals surface area contributed by atoms with Gasteiger partial charge in [-0.3, -0.25) is 14.4 Å². The second-order valence-electron chi connectivity index (χ2n) is 6.85. The molecule has 0 N–H and O–H groups in total. The average molecular weight is 387 g/mol. The van der Waals surface area contributed by atoms with Gasteiger partial charge in [0.05, 0.1) is 23.6 Å². The molecule has 1 unspecified atom stereocenters. The van der Waals surface area contributed by atoms with Crippen LogP contribution in [-0.2, 0) is 16.1 Å². The van der Waals surface area contributed by atoms with Gasteiger partial charge in [-0.25, -0.2) is 0 Å². The second kappa shape index (κ2) is 7.56. The summed E-state index contributed by atoms with van der Waals surface area (Å²) < 4.78 is 5.29. The van der Waals surface area contributed by atoms with E-state index in [-0.39, 0.29) is 30.1 Å². The maximum atomic E-state index is 12.8. The van der Waals surface area contributed by atoms with Crippen molar-refractivity contribution in [3.05, 3.63) is 46.5 Å². The molecule has 0 spiro atoms. The first kappa shape index (κ1) is 17.8. The molecule has 0 bridgehead atoms. The Morgan fingerprint density at radius 1 is 1.11 bits per heavy atom. The number of hydrogen-bond acceptors (Lipinski definition) is 5. The van der Waals surface area contributed by atoms with E-state index in [0.29, 0.717) is 39.3 Å². The fraction of sp³-hybridized carbons (Fsp3) is 0.421. The second-order valence-corrected chi connectivity index (χ2v) is 7.80. The molecule has 1 atom stereocenters. The van der Waals surface area contributed by atoms with Gasteiger partial charge in [-0.05, 0) is 23.6 Å². The molecular weight excluding hydrogens is 366 g/mol. The number of likely N-dealkylation sites (tertiary alicyclic amines) is 1. The number of rotatable bonds is 4. The summed E-state index contributed by atoms with van der Waals surface area (Å²) in [5, 5.41) is 1.89. The lowest BCUT2D eigenvalue weighted by Gasteiger charge is -2.35.